The fraction of sp³-hybridized carbons (Fsp3) is 0.263. The molecule has 0 bridgehead atoms. The summed E-state index contributed by atoms with van der Waals surface area (Å²) in [6.45, 7) is 6.60. The molecule has 130 valence electrons. The molecule has 1 fully saturated rings. The third kappa shape index (κ3) is 3.96. The van der Waals surface area contributed by atoms with Crippen LogP contribution in [0.25, 0.3) is 6.08 Å². The summed E-state index contributed by atoms with van der Waals surface area (Å²) in [7, 11) is 0. The molecule has 4 nitrogen and oxygen atoms in total. The van der Waals surface area contributed by atoms with Gasteiger partial charge in [-0.3, -0.25) is 9.69 Å². The summed E-state index contributed by atoms with van der Waals surface area (Å²) < 4.78 is 5.88. The van der Waals surface area contributed by atoms with E-state index in [1.807, 2.05) is 24.3 Å². The van der Waals surface area contributed by atoms with E-state index in [-0.39, 0.29) is 5.91 Å². The molecule has 25 heavy (non-hydrogen) atoms. The third-order valence-electron chi connectivity index (χ3n) is 4.09. The van der Waals surface area contributed by atoms with Crippen LogP contribution in [-0.4, -0.2) is 28.2 Å². The van der Waals surface area contributed by atoms with Crippen LogP contribution in [0.15, 0.2) is 52.0 Å². The lowest BCUT2D eigenvalue weighted by atomic mass is 10.1. The number of hydrogen-bond donors (Lipinski definition) is 0. The highest BCUT2D eigenvalue weighted by Gasteiger charge is 2.32. The van der Waals surface area contributed by atoms with Gasteiger partial charge in [-0.2, -0.15) is 0 Å². The number of anilines is 1. The van der Waals surface area contributed by atoms with Crippen molar-refractivity contribution < 1.29 is 9.21 Å². The second-order valence-electron chi connectivity index (χ2n) is 5.61. The maximum absolute atomic E-state index is 12.6. The first-order valence-corrected chi connectivity index (χ1v) is 9.47. The van der Waals surface area contributed by atoms with Gasteiger partial charge in [0.05, 0.1) is 17.7 Å². The van der Waals surface area contributed by atoms with Crippen LogP contribution in [-0.2, 0) is 11.3 Å². The van der Waals surface area contributed by atoms with E-state index >= 15 is 0 Å². The van der Waals surface area contributed by atoms with Crippen molar-refractivity contribution in [3.05, 3.63) is 58.9 Å². The Morgan fingerprint density at radius 2 is 1.92 bits per heavy atom. The minimum Gasteiger partial charge on any atom is -0.467 e. The summed E-state index contributed by atoms with van der Waals surface area (Å²) in [4.78, 5) is 17.1. The summed E-state index contributed by atoms with van der Waals surface area (Å²) in [5, 5.41) is 0. The Morgan fingerprint density at radius 1 is 1.20 bits per heavy atom. The average molecular weight is 373 g/mol. The second-order valence-corrected chi connectivity index (χ2v) is 7.29. The fourth-order valence-corrected chi connectivity index (χ4v) is 3.97. The Kier molecular flexibility index (Phi) is 5.60. The molecule has 0 saturated carbocycles. The maximum atomic E-state index is 12.6. The molecule has 0 aliphatic carbocycles. The Morgan fingerprint density at radius 3 is 2.52 bits per heavy atom. The largest absolute Gasteiger partial charge is 0.467 e. The van der Waals surface area contributed by atoms with Gasteiger partial charge in [0.2, 0.25) is 0 Å². The van der Waals surface area contributed by atoms with Gasteiger partial charge in [0.1, 0.15) is 10.1 Å². The molecule has 0 spiro atoms. The highest BCUT2D eigenvalue weighted by molar-refractivity contribution is 8.26. The molecule has 3 rings (SSSR count). The molecule has 1 amide bonds. The van der Waals surface area contributed by atoms with Crippen LogP contribution in [0.1, 0.15) is 25.2 Å². The van der Waals surface area contributed by atoms with Gasteiger partial charge < -0.3 is 9.32 Å². The van der Waals surface area contributed by atoms with Crippen molar-refractivity contribution in [2.75, 3.05) is 18.0 Å². The van der Waals surface area contributed by atoms with Crippen LogP contribution >= 0.6 is 24.0 Å². The Bertz CT molecular complexity index is 778. The molecule has 0 atom stereocenters. The van der Waals surface area contributed by atoms with E-state index in [9.17, 15) is 4.79 Å². The van der Waals surface area contributed by atoms with Crippen LogP contribution in [0.2, 0.25) is 0 Å². The Balaban J connectivity index is 1.75. The summed E-state index contributed by atoms with van der Waals surface area (Å²) in [6, 6.07) is 11.9. The van der Waals surface area contributed by atoms with E-state index in [1.54, 1.807) is 17.2 Å². The number of benzene rings is 1. The first-order valence-electron chi connectivity index (χ1n) is 8.25. The predicted octanol–water partition coefficient (Wildman–Crippen LogP) is 4.53. The Labute approximate surface area is 157 Å². The number of hydrogen-bond acceptors (Lipinski definition) is 5. The molecule has 0 unspecified atom stereocenters. The quantitative estimate of drug-likeness (QED) is 0.550. The summed E-state index contributed by atoms with van der Waals surface area (Å²) in [5.74, 6) is 0.653. The van der Waals surface area contributed by atoms with Crippen molar-refractivity contribution in [3.8, 4) is 0 Å². The first kappa shape index (κ1) is 17.8. The molecule has 0 N–H and O–H groups in total. The van der Waals surface area contributed by atoms with E-state index in [0.717, 1.165) is 24.4 Å². The van der Waals surface area contributed by atoms with Crippen LogP contribution in [0.4, 0.5) is 5.69 Å². The highest BCUT2D eigenvalue weighted by atomic mass is 32.2. The number of nitrogens with zero attached hydrogens (tertiary/aromatic N) is 2. The molecule has 2 aromatic rings. The normalized spacial score (nSPS) is 16.1. The van der Waals surface area contributed by atoms with Crippen molar-refractivity contribution in [1.82, 2.24) is 4.90 Å². The van der Waals surface area contributed by atoms with E-state index in [4.69, 9.17) is 16.6 Å². The van der Waals surface area contributed by atoms with Gasteiger partial charge in [0.25, 0.3) is 5.91 Å². The number of thiocarbonyl (C=S) groups is 1. The van der Waals surface area contributed by atoms with Crippen molar-refractivity contribution in [2.24, 2.45) is 0 Å². The predicted molar refractivity (Wildman–Crippen MR) is 107 cm³/mol. The molecule has 2 heterocycles. The van der Waals surface area contributed by atoms with Crippen LogP contribution in [0, 0.1) is 0 Å². The minimum atomic E-state index is -0.0702. The van der Waals surface area contributed by atoms with Gasteiger partial charge >= 0.3 is 0 Å². The third-order valence-corrected chi connectivity index (χ3v) is 5.46. The van der Waals surface area contributed by atoms with Crippen LogP contribution in [0.5, 0.6) is 0 Å². The standard InChI is InChI=1S/C19H20N2O2S2/c1-3-20(4-2)15-9-7-14(8-10-15)12-17-18(22)21(19(24)25-17)13-16-6-5-11-23-16/h5-12H,3-4,13H2,1-2H3. The lowest BCUT2D eigenvalue weighted by molar-refractivity contribution is -0.122. The molecule has 1 aliphatic rings. The summed E-state index contributed by atoms with van der Waals surface area (Å²) >= 11 is 6.68. The zero-order valence-corrected chi connectivity index (χ0v) is 15.9. The molecule has 1 aliphatic heterocycles. The number of rotatable bonds is 6. The molecular weight excluding hydrogens is 352 g/mol. The Hall–Kier alpha value is -2.05. The lowest BCUT2D eigenvalue weighted by Gasteiger charge is -2.20. The maximum Gasteiger partial charge on any atom is 0.266 e. The number of furan rings is 1. The first-order chi connectivity index (χ1) is 12.1. The molecule has 1 saturated heterocycles. The van der Waals surface area contributed by atoms with Gasteiger partial charge in [-0.15, -0.1) is 0 Å². The summed E-state index contributed by atoms with van der Waals surface area (Å²) in [5.41, 5.74) is 2.18. The van der Waals surface area contributed by atoms with Crippen molar-refractivity contribution >= 4 is 46.0 Å². The van der Waals surface area contributed by atoms with E-state index < -0.39 is 0 Å². The lowest BCUT2D eigenvalue weighted by Crippen LogP contribution is -2.27. The zero-order chi connectivity index (χ0) is 17.8. The number of amides is 1. The topological polar surface area (TPSA) is 36.7 Å². The van der Waals surface area contributed by atoms with E-state index in [1.165, 1.54) is 17.4 Å². The average Bonchev–Trinajstić information content (AvgIpc) is 3.22. The molecular formula is C19H20N2O2S2. The second kappa shape index (κ2) is 7.89. The van der Waals surface area contributed by atoms with Crippen molar-refractivity contribution in [3.63, 3.8) is 0 Å². The monoisotopic (exact) mass is 372 g/mol. The molecule has 0 radical (unpaired) electrons. The summed E-state index contributed by atoms with van der Waals surface area (Å²) in [6.07, 6.45) is 3.49. The number of carbonyl (C=O) groups is 1. The minimum absolute atomic E-state index is 0.0702. The van der Waals surface area contributed by atoms with Gasteiger partial charge in [-0.05, 0) is 49.8 Å². The number of carbonyl (C=O) groups excluding carboxylic acids is 1. The molecule has 6 heteroatoms. The van der Waals surface area contributed by atoms with Crippen LogP contribution < -0.4 is 4.90 Å². The van der Waals surface area contributed by atoms with Gasteiger partial charge in [0, 0.05) is 18.8 Å². The zero-order valence-electron chi connectivity index (χ0n) is 14.3. The van der Waals surface area contributed by atoms with Crippen molar-refractivity contribution in [1.29, 1.82) is 0 Å². The molecule has 1 aromatic carbocycles. The number of thioether (sulfide) groups is 1. The molecule has 1 aromatic heterocycles. The van der Waals surface area contributed by atoms with Crippen molar-refractivity contribution in [2.45, 2.75) is 20.4 Å². The SMILES string of the molecule is CCN(CC)c1ccc(C=C2SC(=S)N(Cc3ccco3)C2=O)cc1. The van der Waals surface area contributed by atoms with E-state index in [2.05, 4.69) is 30.9 Å². The highest BCUT2D eigenvalue weighted by Crippen LogP contribution is 2.33. The van der Waals surface area contributed by atoms with Crippen LogP contribution in [0.3, 0.4) is 0 Å². The van der Waals surface area contributed by atoms with Gasteiger partial charge in [0.15, 0.2) is 0 Å². The van der Waals surface area contributed by atoms with Gasteiger partial charge in [-0.25, -0.2) is 0 Å². The van der Waals surface area contributed by atoms with E-state index in [0.29, 0.717) is 15.8 Å². The fourth-order valence-electron chi connectivity index (χ4n) is 2.72. The smallest absolute Gasteiger partial charge is 0.266 e. The van der Waals surface area contributed by atoms with Gasteiger partial charge in [-0.1, -0.05) is 36.1 Å².